The monoisotopic (exact) mass is 506 g/mol. The quantitative estimate of drug-likeness (QED) is 0.303. The molecule has 6 N–H and O–H groups in total. The first-order chi connectivity index (χ1) is 17.0. The van der Waals surface area contributed by atoms with Gasteiger partial charge in [0.2, 0.25) is 5.91 Å². The molecule has 1 amide bonds. The SMILES string of the molecule is CC(CCCCN)NC(=O)CCC(C)C1CCC2C3C(O)CC4CC(O)CCC4(C)C3CC(O)C12C. The van der Waals surface area contributed by atoms with Gasteiger partial charge in [-0.15, -0.1) is 0 Å². The summed E-state index contributed by atoms with van der Waals surface area (Å²) in [4.78, 5) is 12.6. The summed E-state index contributed by atoms with van der Waals surface area (Å²) in [5, 5.41) is 36.6. The van der Waals surface area contributed by atoms with Crippen LogP contribution in [0.5, 0.6) is 0 Å². The van der Waals surface area contributed by atoms with Gasteiger partial charge in [0.05, 0.1) is 18.3 Å². The predicted molar refractivity (Wildman–Crippen MR) is 143 cm³/mol. The van der Waals surface area contributed by atoms with Crippen molar-refractivity contribution in [1.82, 2.24) is 5.32 Å². The van der Waals surface area contributed by atoms with Crippen molar-refractivity contribution in [1.29, 1.82) is 0 Å². The number of rotatable bonds is 9. The fourth-order valence-corrected chi connectivity index (χ4v) is 9.71. The molecule has 36 heavy (non-hydrogen) atoms. The van der Waals surface area contributed by atoms with Gasteiger partial charge in [0.1, 0.15) is 0 Å². The number of carbonyl (C=O) groups excluding carboxylic acids is 1. The molecule has 0 bridgehead atoms. The largest absolute Gasteiger partial charge is 0.393 e. The number of hydrogen-bond acceptors (Lipinski definition) is 5. The number of amides is 1. The summed E-state index contributed by atoms with van der Waals surface area (Å²) in [6, 6.07) is 0.184. The Morgan fingerprint density at radius 1 is 1.00 bits per heavy atom. The molecule has 4 aliphatic rings. The van der Waals surface area contributed by atoms with Gasteiger partial charge < -0.3 is 26.4 Å². The smallest absolute Gasteiger partial charge is 0.220 e. The van der Waals surface area contributed by atoms with Crippen LogP contribution in [0.3, 0.4) is 0 Å². The number of aliphatic hydroxyl groups is 3. The van der Waals surface area contributed by atoms with Crippen LogP contribution in [-0.4, -0.2) is 52.1 Å². The van der Waals surface area contributed by atoms with Crippen molar-refractivity contribution in [3.8, 4) is 0 Å². The molecule has 12 unspecified atom stereocenters. The van der Waals surface area contributed by atoms with E-state index in [9.17, 15) is 20.1 Å². The normalized spacial score (nSPS) is 45.8. The minimum atomic E-state index is -0.371. The Hall–Kier alpha value is -0.690. The number of unbranched alkanes of at least 4 members (excludes halogenated alkanes) is 1. The zero-order chi connectivity index (χ0) is 26.3. The molecule has 0 heterocycles. The van der Waals surface area contributed by atoms with Crippen molar-refractivity contribution >= 4 is 5.91 Å². The Morgan fingerprint density at radius 2 is 1.75 bits per heavy atom. The Morgan fingerprint density at radius 3 is 2.47 bits per heavy atom. The second-order valence-corrected chi connectivity index (χ2v) is 13.8. The molecule has 0 aromatic rings. The summed E-state index contributed by atoms with van der Waals surface area (Å²) in [5.74, 6) is 2.11. The zero-order valence-corrected chi connectivity index (χ0v) is 23.3. The van der Waals surface area contributed by atoms with E-state index in [1.807, 2.05) is 0 Å². The van der Waals surface area contributed by atoms with E-state index in [1.165, 1.54) is 0 Å². The molecule has 0 spiro atoms. The van der Waals surface area contributed by atoms with Crippen LogP contribution in [0.1, 0.15) is 105 Å². The average molecular weight is 507 g/mol. The molecule has 6 heteroatoms. The number of hydrogen-bond donors (Lipinski definition) is 5. The molecule has 208 valence electrons. The predicted octanol–water partition coefficient (Wildman–Crippen LogP) is 4.00. The molecule has 0 radical (unpaired) electrons. The highest BCUT2D eigenvalue weighted by molar-refractivity contribution is 5.76. The highest BCUT2D eigenvalue weighted by atomic mass is 16.3. The first kappa shape index (κ1) is 28.3. The Bertz CT molecular complexity index is 763. The second-order valence-electron chi connectivity index (χ2n) is 13.8. The topological polar surface area (TPSA) is 116 Å². The zero-order valence-electron chi connectivity index (χ0n) is 23.3. The third kappa shape index (κ3) is 5.13. The van der Waals surface area contributed by atoms with E-state index in [4.69, 9.17) is 5.73 Å². The fourth-order valence-electron chi connectivity index (χ4n) is 9.71. The van der Waals surface area contributed by atoms with Crippen molar-refractivity contribution in [2.75, 3.05) is 6.54 Å². The van der Waals surface area contributed by atoms with Crippen molar-refractivity contribution in [2.24, 2.45) is 52.1 Å². The van der Waals surface area contributed by atoms with Crippen LogP contribution < -0.4 is 11.1 Å². The van der Waals surface area contributed by atoms with Gasteiger partial charge in [0.25, 0.3) is 0 Å². The van der Waals surface area contributed by atoms with E-state index in [-0.39, 0.29) is 47.0 Å². The number of fused-ring (bicyclic) bond motifs is 5. The molecule has 4 saturated carbocycles. The summed E-state index contributed by atoms with van der Waals surface area (Å²) in [6.07, 6.45) is 9.78. The van der Waals surface area contributed by atoms with E-state index in [1.54, 1.807) is 0 Å². The second kappa shape index (κ2) is 11.2. The van der Waals surface area contributed by atoms with Crippen LogP contribution in [0.25, 0.3) is 0 Å². The van der Waals surface area contributed by atoms with Crippen molar-refractivity contribution in [3.63, 3.8) is 0 Å². The van der Waals surface area contributed by atoms with E-state index in [2.05, 4.69) is 33.0 Å². The highest BCUT2D eigenvalue weighted by Gasteiger charge is 2.65. The maximum absolute atomic E-state index is 12.6. The van der Waals surface area contributed by atoms with Gasteiger partial charge >= 0.3 is 0 Å². The van der Waals surface area contributed by atoms with Gasteiger partial charge in [0.15, 0.2) is 0 Å². The molecule has 4 aliphatic carbocycles. The van der Waals surface area contributed by atoms with Crippen LogP contribution in [0.2, 0.25) is 0 Å². The van der Waals surface area contributed by atoms with Gasteiger partial charge in [-0.3, -0.25) is 4.79 Å². The third-order valence-corrected chi connectivity index (χ3v) is 11.8. The first-order valence-electron chi connectivity index (χ1n) is 15.1. The lowest BCUT2D eigenvalue weighted by Gasteiger charge is -2.63. The Kier molecular flexibility index (Phi) is 8.81. The lowest BCUT2D eigenvalue weighted by atomic mass is 9.43. The van der Waals surface area contributed by atoms with Crippen molar-refractivity contribution < 1.29 is 20.1 Å². The van der Waals surface area contributed by atoms with E-state index in [0.717, 1.165) is 70.6 Å². The first-order valence-corrected chi connectivity index (χ1v) is 15.1. The molecule has 0 aromatic carbocycles. The van der Waals surface area contributed by atoms with E-state index in [0.29, 0.717) is 42.6 Å². The maximum atomic E-state index is 12.6. The Labute approximate surface area is 219 Å². The summed E-state index contributed by atoms with van der Waals surface area (Å²) >= 11 is 0. The van der Waals surface area contributed by atoms with Crippen LogP contribution >= 0.6 is 0 Å². The molecule has 4 fully saturated rings. The van der Waals surface area contributed by atoms with Crippen LogP contribution in [0.4, 0.5) is 0 Å². The standard InChI is InChI=1S/C30H54N2O4/c1-18(8-11-27(36)32-19(2)7-5-6-14-31)22-9-10-23-28-24(17-26(35)30(22,23)4)29(3)13-12-21(33)15-20(29)16-25(28)34/h18-26,28,33-35H,5-17,31H2,1-4H3,(H,32,36). The van der Waals surface area contributed by atoms with Gasteiger partial charge in [-0.25, -0.2) is 0 Å². The minimum Gasteiger partial charge on any atom is -0.393 e. The number of nitrogens with one attached hydrogen (secondary N) is 1. The van der Waals surface area contributed by atoms with Crippen LogP contribution in [0.15, 0.2) is 0 Å². The summed E-state index contributed by atoms with van der Waals surface area (Å²) in [6.45, 7) is 9.72. The summed E-state index contributed by atoms with van der Waals surface area (Å²) in [5.41, 5.74) is 5.48. The molecular weight excluding hydrogens is 452 g/mol. The van der Waals surface area contributed by atoms with E-state index < -0.39 is 0 Å². The molecule has 12 atom stereocenters. The minimum absolute atomic E-state index is 0.105. The van der Waals surface area contributed by atoms with Crippen molar-refractivity contribution in [2.45, 2.75) is 129 Å². The van der Waals surface area contributed by atoms with Gasteiger partial charge in [0, 0.05) is 12.5 Å². The molecule has 0 aromatic heterocycles. The number of nitrogens with two attached hydrogens (primary N) is 1. The summed E-state index contributed by atoms with van der Waals surface area (Å²) < 4.78 is 0. The molecule has 4 rings (SSSR count). The molecule has 6 nitrogen and oxygen atoms in total. The van der Waals surface area contributed by atoms with Gasteiger partial charge in [-0.1, -0.05) is 27.2 Å². The van der Waals surface area contributed by atoms with E-state index >= 15 is 0 Å². The van der Waals surface area contributed by atoms with Gasteiger partial charge in [-0.05, 0) is 124 Å². The molecular formula is C30H54N2O4. The van der Waals surface area contributed by atoms with Crippen LogP contribution in [-0.2, 0) is 4.79 Å². The fraction of sp³-hybridized carbons (Fsp3) is 0.967. The highest BCUT2D eigenvalue weighted by Crippen LogP contribution is 2.68. The van der Waals surface area contributed by atoms with Crippen LogP contribution in [0, 0.1) is 46.3 Å². The van der Waals surface area contributed by atoms with Gasteiger partial charge in [-0.2, -0.15) is 0 Å². The number of aliphatic hydroxyl groups excluding tert-OH is 3. The lowest BCUT2D eigenvalue weighted by Crippen LogP contribution is -2.62. The lowest BCUT2D eigenvalue weighted by molar-refractivity contribution is -0.207. The third-order valence-electron chi connectivity index (χ3n) is 11.8. The van der Waals surface area contributed by atoms with Crippen molar-refractivity contribution in [3.05, 3.63) is 0 Å². The number of carbonyl (C=O) groups is 1. The maximum Gasteiger partial charge on any atom is 0.220 e. The molecule has 0 aliphatic heterocycles. The Balaban J connectivity index is 1.40. The molecule has 0 saturated heterocycles. The average Bonchev–Trinajstić information content (AvgIpc) is 3.18. The summed E-state index contributed by atoms with van der Waals surface area (Å²) in [7, 11) is 0.